The van der Waals surface area contributed by atoms with Crippen LogP contribution < -0.4 is 10.3 Å². The molecule has 0 radical (unpaired) electrons. The van der Waals surface area contributed by atoms with Gasteiger partial charge in [0.25, 0.3) is 5.56 Å². The minimum Gasteiger partial charge on any atom is -0.497 e. The highest BCUT2D eigenvalue weighted by Gasteiger charge is 2.24. The Morgan fingerprint density at radius 3 is 2.79 bits per heavy atom. The van der Waals surface area contributed by atoms with Gasteiger partial charge in [0.15, 0.2) is 5.16 Å². The lowest BCUT2D eigenvalue weighted by atomic mass is 10.2. The highest BCUT2D eigenvalue weighted by molar-refractivity contribution is 7.99. The van der Waals surface area contributed by atoms with Crippen LogP contribution in [0.1, 0.15) is 23.8 Å². The second kappa shape index (κ2) is 7.97. The van der Waals surface area contributed by atoms with Gasteiger partial charge in [-0.1, -0.05) is 11.8 Å². The maximum Gasteiger partial charge on any atom is 0.316 e. The Bertz CT molecular complexity index is 1090. The second-order valence-corrected chi connectivity index (χ2v) is 8.39. The number of hydrogen-bond acceptors (Lipinski definition) is 7. The van der Waals surface area contributed by atoms with Gasteiger partial charge in [-0.2, -0.15) is 0 Å². The summed E-state index contributed by atoms with van der Waals surface area (Å²) in [5.74, 6) is 0.493. The third-order valence-electron chi connectivity index (χ3n) is 4.66. The number of ether oxygens (including phenoxy) is 2. The molecule has 4 rings (SSSR count). The summed E-state index contributed by atoms with van der Waals surface area (Å²) in [7, 11) is 1.60. The fraction of sp³-hybridized carbons (Fsp3) is 0.350. The third-order valence-corrected chi connectivity index (χ3v) is 6.76. The van der Waals surface area contributed by atoms with E-state index in [9.17, 15) is 9.59 Å². The number of aromatic nitrogens is 2. The van der Waals surface area contributed by atoms with Crippen molar-refractivity contribution >= 4 is 39.3 Å². The van der Waals surface area contributed by atoms with Crippen molar-refractivity contribution in [3.05, 3.63) is 45.1 Å². The quantitative estimate of drug-likeness (QED) is 0.347. The third kappa shape index (κ3) is 3.42. The standard InChI is InChI=1S/C20H20N2O4S2/c1-3-26-16(23)11-27-20-21-18-17(14-5-4-6-15(14)28-18)19(24)22(20)12-7-9-13(25-2)10-8-12/h7-10H,3-6,11H2,1-2H3. The molecule has 146 valence electrons. The zero-order valence-electron chi connectivity index (χ0n) is 15.7. The first kappa shape index (κ1) is 19.0. The first-order chi connectivity index (χ1) is 13.6. The van der Waals surface area contributed by atoms with Crippen molar-refractivity contribution in [2.75, 3.05) is 19.5 Å². The Hall–Kier alpha value is -2.32. The predicted octanol–water partition coefficient (Wildman–Crippen LogP) is 3.60. The molecule has 28 heavy (non-hydrogen) atoms. The van der Waals surface area contributed by atoms with Crippen molar-refractivity contribution in [1.82, 2.24) is 9.55 Å². The number of carbonyl (C=O) groups excluding carboxylic acids is 1. The average Bonchev–Trinajstić information content (AvgIpc) is 3.27. The van der Waals surface area contributed by atoms with Crippen LogP contribution in [-0.2, 0) is 22.4 Å². The largest absolute Gasteiger partial charge is 0.497 e. The summed E-state index contributed by atoms with van der Waals surface area (Å²) in [6.07, 6.45) is 3.01. The van der Waals surface area contributed by atoms with E-state index >= 15 is 0 Å². The molecule has 8 heteroatoms. The van der Waals surface area contributed by atoms with Crippen molar-refractivity contribution in [3.63, 3.8) is 0 Å². The Morgan fingerprint density at radius 2 is 2.07 bits per heavy atom. The molecule has 0 atom stereocenters. The van der Waals surface area contributed by atoms with Gasteiger partial charge in [0.2, 0.25) is 0 Å². The number of hydrogen-bond donors (Lipinski definition) is 0. The van der Waals surface area contributed by atoms with Crippen LogP contribution in [0.2, 0.25) is 0 Å². The Balaban J connectivity index is 1.85. The van der Waals surface area contributed by atoms with Crippen LogP contribution in [0.25, 0.3) is 15.9 Å². The number of fused-ring (bicyclic) bond motifs is 3. The van der Waals surface area contributed by atoms with E-state index in [-0.39, 0.29) is 17.3 Å². The molecular formula is C20H20N2O4S2. The minimum atomic E-state index is -0.322. The normalized spacial score (nSPS) is 12.9. The Labute approximate surface area is 170 Å². The van der Waals surface area contributed by atoms with Crippen LogP contribution in [0.3, 0.4) is 0 Å². The monoisotopic (exact) mass is 416 g/mol. The van der Waals surface area contributed by atoms with Crippen molar-refractivity contribution in [1.29, 1.82) is 0 Å². The lowest BCUT2D eigenvalue weighted by Gasteiger charge is -2.13. The number of thioether (sulfide) groups is 1. The molecule has 0 bridgehead atoms. The topological polar surface area (TPSA) is 70.4 Å². The van der Waals surface area contributed by atoms with Gasteiger partial charge in [0.1, 0.15) is 10.6 Å². The van der Waals surface area contributed by atoms with Gasteiger partial charge < -0.3 is 9.47 Å². The zero-order valence-corrected chi connectivity index (χ0v) is 17.3. The summed E-state index contributed by atoms with van der Waals surface area (Å²) in [6.45, 7) is 2.10. The van der Waals surface area contributed by atoms with Gasteiger partial charge in [-0.25, -0.2) is 4.98 Å². The molecule has 1 aliphatic rings. The lowest BCUT2D eigenvalue weighted by molar-refractivity contribution is -0.139. The van der Waals surface area contributed by atoms with Crippen LogP contribution in [0.4, 0.5) is 0 Å². The Kier molecular flexibility index (Phi) is 5.41. The second-order valence-electron chi connectivity index (χ2n) is 6.36. The first-order valence-electron chi connectivity index (χ1n) is 9.12. The number of carbonyl (C=O) groups is 1. The summed E-state index contributed by atoms with van der Waals surface area (Å²) in [6, 6.07) is 7.27. The van der Waals surface area contributed by atoms with Crippen molar-refractivity contribution in [2.45, 2.75) is 31.3 Å². The average molecular weight is 417 g/mol. The molecule has 0 unspecified atom stereocenters. The van der Waals surface area contributed by atoms with E-state index in [0.29, 0.717) is 28.6 Å². The lowest BCUT2D eigenvalue weighted by Crippen LogP contribution is -2.22. The molecule has 2 aromatic heterocycles. The molecule has 0 saturated carbocycles. The van der Waals surface area contributed by atoms with Crippen molar-refractivity contribution in [2.24, 2.45) is 0 Å². The van der Waals surface area contributed by atoms with Crippen molar-refractivity contribution in [3.8, 4) is 11.4 Å². The summed E-state index contributed by atoms with van der Waals surface area (Å²) in [5.41, 5.74) is 1.76. The fourth-order valence-corrected chi connectivity index (χ4v) is 5.52. The van der Waals surface area contributed by atoms with Crippen LogP contribution >= 0.6 is 23.1 Å². The molecule has 0 fully saturated rings. The maximum atomic E-state index is 13.5. The fourth-order valence-electron chi connectivity index (χ4n) is 3.41. The number of methoxy groups -OCH3 is 1. The molecule has 1 aromatic carbocycles. The summed E-state index contributed by atoms with van der Waals surface area (Å²) >= 11 is 2.82. The summed E-state index contributed by atoms with van der Waals surface area (Å²) in [4.78, 5) is 32.1. The number of nitrogens with zero attached hydrogens (tertiary/aromatic N) is 2. The van der Waals surface area contributed by atoms with Crippen LogP contribution in [0.15, 0.2) is 34.2 Å². The van der Waals surface area contributed by atoms with E-state index in [0.717, 1.165) is 29.7 Å². The van der Waals surface area contributed by atoms with Gasteiger partial charge in [0.05, 0.1) is 30.5 Å². The van der Waals surface area contributed by atoms with Crippen LogP contribution in [0, 0.1) is 0 Å². The molecule has 0 amide bonds. The number of aryl methyl sites for hydroxylation is 2. The van der Waals surface area contributed by atoms with Gasteiger partial charge >= 0.3 is 5.97 Å². The molecule has 0 spiro atoms. The van der Waals surface area contributed by atoms with Crippen LogP contribution in [-0.4, -0.2) is 35.0 Å². The van der Waals surface area contributed by atoms with E-state index in [1.54, 1.807) is 29.9 Å². The van der Waals surface area contributed by atoms with Gasteiger partial charge in [-0.3, -0.25) is 14.2 Å². The first-order valence-corrected chi connectivity index (χ1v) is 10.9. The van der Waals surface area contributed by atoms with E-state index < -0.39 is 0 Å². The zero-order chi connectivity index (χ0) is 19.7. The van der Waals surface area contributed by atoms with Crippen LogP contribution in [0.5, 0.6) is 5.75 Å². The van der Waals surface area contributed by atoms with Gasteiger partial charge in [-0.05, 0) is 56.0 Å². The van der Waals surface area contributed by atoms with E-state index in [4.69, 9.17) is 14.5 Å². The van der Waals surface area contributed by atoms with E-state index in [2.05, 4.69) is 0 Å². The SMILES string of the molecule is CCOC(=O)CSc1nc2sc3c(c2c(=O)n1-c1ccc(OC)cc1)CCC3. The predicted molar refractivity (Wildman–Crippen MR) is 111 cm³/mol. The maximum absolute atomic E-state index is 13.5. The smallest absolute Gasteiger partial charge is 0.316 e. The minimum absolute atomic E-state index is 0.0825. The molecule has 6 nitrogen and oxygen atoms in total. The van der Waals surface area contributed by atoms with Gasteiger partial charge in [0, 0.05) is 4.88 Å². The molecule has 0 saturated heterocycles. The molecule has 3 aromatic rings. The summed E-state index contributed by atoms with van der Waals surface area (Å²) in [5, 5.41) is 1.21. The highest BCUT2D eigenvalue weighted by Crippen LogP contribution is 2.36. The number of esters is 1. The number of rotatable bonds is 6. The van der Waals surface area contributed by atoms with Gasteiger partial charge in [-0.15, -0.1) is 11.3 Å². The molecule has 0 aliphatic heterocycles. The number of benzene rings is 1. The van der Waals surface area contributed by atoms with Crippen molar-refractivity contribution < 1.29 is 14.3 Å². The highest BCUT2D eigenvalue weighted by atomic mass is 32.2. The molecule has 1 aliphatic carbocycles. The summed E-state index contributed by atoms with van der Waals surface area (Å²) < 4.78 is 11.8. The van der Waals surface area contributed by atoms with E-state index in [1.807, 2.05) is 24.3 Å². The number of thiophene rings is 1. The molecule has 2 heterocycles. The molecule has 0 N–H and O–H groups in total. The molecular weight excluding hydrogens is 396 g/mol. The Morgan fingerprint density at radius 1 is 1.29 bits per heavy atom. The van der Waals surface area contributed by atoms with E-state index in [1.165, 1.54) is 16.6 Å².